The number of ether oxygens (including phenoxy) is 1. The van der Waals surface area contributed by atoms with Gasteiger partial charge in [-0.3, -0.25) is 4.79 Å². The summed E-state index contributed by atoms with van der Waals surface area (Å²) >= 11 is 0. The number of hydrogen-bond acceptors (Lipinski definition) is 3. The summed E-state index contributed by atoms with van der Waals surface area (Å²) in [6, 6.07) is 7.84. The van der Waals surface area contributed by atoms with Crippen LogP contribution < -0.4 is 21.5 Å². The number of nitrogens with two attached hydrogens (primary N) is 2. The molecule has 1 aliphatic rings. The number of carbonyl (C=O) groups is 1. The second-order valence-electron chi connectivity index (χ2n) is 4.52. The van der Waals surface area contributed by atoms with E-state index in [1.807, 2.05) is 18.2 Å². The van der Waals surface area contributed by atoms with Gasteiger partial charge in [0.1, 0.15) is 5.75 Å². The Morgan fingerprint density at radius 1 is 1.42 bits per heavy atom. The minimum absolute atomic E-state index is 0.127. The number of nitrogens with zero attached hydrogens (tertiary/aromatic N) is 1. The van der Waals surface area contributed by atoms with E-state index in [-0.39, 0.29) is 6.61 Å². The molecular weight excluding hydrogens is 244 g/mol. The van der Waals surface area contributed by atoms with Gasteiger partial charge in [-0.1, -0.05) is 12.1 Å². The van der Waals surface area contributed by atoms with Crippen molar-refractivity contribution in [2.24, 2.45) is 16.5 Å². The van der Waals surface area contributed by atoms with E-state index >= 15 is 0 Å². The lowest BCUT2D eigenvalue weighted by molar-refractivity contribution is -0.119. The second kappa shape index (κ2) is 6.08. The molecule has 0 aromatic heterocycles. The van der Waals surface area contributed by atoms with E-state index in [0.717, 1.165) is 18.4 Å². The van der Waals surface area contributed by atoms with Crippen LogP contribution in [0.5, 0.6) is 5.75 Å². The first kappa shape index (κ1) is 13.2. The quantitative estimate of drug-likeness (QED) is 0.500. The number of amides is 1. The molecule has 6 heteroatoms. The molecule has 1 aromatic carbocycles. The molecule has 1 saturated carbocycles. The van der Waals surface area contributed by atoms with E-state index < -0.39 is 5.91 Å². The van der Waals surface area contributed by atoms with Crippen LogP contribution in [0.15, 0.2) is 29.3 Å². The molecule has 1 amide bonds. The Kier molecular flexibility index (Phi) is 4.22. The van der Waals surface area contributed by atoms with Crippen molar-refractivity contribution < 1.29 is 9.53 Å². The fourth-order valence-corrected chi connectivity index (χ4v) is 1.55. The lowest BCUT2D eigenvalue weighted by Crippen LogP contribution is -2.33. The van der Waals surface area contributed by atoms with Crippen molar-refractivity contribution in [1.82, 2.24) is 5.32 Å². The summed E-state index contributed by atoms with van der Waals surface area (Å²) in [5.74, 6) is 0.562. The van der Waals surface area contributed by atoms with Crippen molar-refractivity contribution in [3.05, 3.63) is 29.8 Å². The molecule has 6 nitrogen and oxygen atoms in total. The third kappa shape index (κ3) is 4.87. The molecule has 102 valence electrons. The van der Waals surface area contributed by atoms with E-state index in [1.54, 1.807) is 6.07 Å². The Balaban J connectivity index is 1.88. The summed E-state index contributed by atoms with van der Waals surface area (Å²) in [5, 5.41) is 3.11. The zero-order chi connectivity index (χ0) is 13.7. The largest absolute Gasteiger partial charge is 0.484 e. The Morgan fingerprint density at radius 3 is 2.89 bits per heavy atom. The fraction of sp³-hybridized carbons (Fsp3) is 0.385. The van der Waals surface area contributed by atoms with Gasteiger partial charge in [0.2, 0.25) is 0 Å². The molecule has 5 N–H and O–H groups in total. The van der Waals surface area contributed by atoms with E-state index in [1.165, 1.54) is 0 Å². The summed E-state index contributed by atoms with van der Waals surface area (Å²) < 4.78 is 5.22. The normalized spacial score (nSPS) is 15.1. The Morgan fingerprint density at radius 2 is 2.21 bits per heavy atom. The molecule has 2 rings (SSSR count). The molecular formula is C13H18N4O2. The summed E-state index contributed by atoms with van der Waals surface area (Å²) in [7, 11) is 0. The minimum Gasteiger partial charge on any atom is -0.484 e. The molecule has 0 spiro atoms. The number of benzene rings is 1. The van der Waals surface area contributed by atoms with Gasteiger partial charge in [-0.2, -0.15) is 0 Å². The number of nitrogens with one attached hydrogen (secondary N) is 1. The molecule has 0 saturated heterocycles. The van der Waals surface area contributed by atoms with Gasteiger partial charge in [0.05, 0.1) is 6.54 Å². The highest BCUT2D eigenvalue weighted by Crippen LogP contribution is 2.18. The van der Waals surface area contributed by atoms with E-state index in [9.17, 15) is 4.79 Å². The van der Waals surface area contributed by atoms with Crippen molar-refractivity contribution in [1.29, 1.82) is 0 Å². The van der Waals surface area contributed by atoms with Crippen molar-refractivity contribution in [2.75, 3.05) is 6.61 Å². The van der Waals surface area contributed by atoms with Crippen molar-refractivity contribution in [3.63, 3.8) is 0 Å². The Hall–Kier alpha value is -2.24. The van der Waals surface area contributed by atoms with Gasteiger partial charge in [0.15, 0.2) is 12.6 Å². The van der Waals surface area contributed by atoms with Crippen LogP contribution in [-0.2, 0) is 11.3 Å². The Labute approximate surface area is 111 Å². The zero-order valence-corrected chi connectivity index (χ0v) is 10.6. The number of hydrogen-bond donors (Lipinski definition) is 3. The highest BCUT2D eigenvalue weighted by Gasteiger charge is 2.21. The van der Waals surface area contributed by atoms with Gasteiger partial charge >= 0.3 is 0 Å². The maximum atomic E-state index is 10.6. The first-order chi connectivity index (χ1) is 9.13. The first-order valence-corrected chi connectivity index (χ1v) is 6.20. The topological polar surface area (TPSA) is 103 Å². The molecule has 0 unspecified atom stereocenters. The number of carbonyl (C=O) groups excluding carboxylic acids is 1. The standard InChI is InChI=1S/C13H18N4O2/c14-12(18)8-19-11-3-1-2-9(6-11)7-16-13(15)17-10-4-5-10/h1-3,6,10H,4-5,7-8H2,(H2,14,18)(H3,15,16,17). The van der Waals surface area contributed by atoms with Crippen molar-refractivity contribution >= 4 is 11.9 Å². The van der Waals surface area contributed by atoms with E-state index in [4.69, 9.17) is 16.2 Å². The van der Waals surface area contributed by atoms with Crippen LogP contribution in [0.2, 0.25) is 0 Å². The van der Waals surface area contributed by atoms with Gasteiger partial charge in [-0.05, 0) is 30.5 Å². The van der Waals surface area contributed by atoms with Gasteiger partial charge in [0.25, 0.3) is 5.91 Å². The average molecular weight is 262 g/mol. The van der Waals surface area contributed by atoms with Gasteiger partial charge in [-0.25, -0.2) is 4.99 Å². The number of rotatable bonds is 6. The number of guanidine groups is 1. The summed E-state index contributed by atoms with van der Waals surface area (Å²) in [6.45, 7) is 0.345. The molecule has 0 atom stereocenters. The van der Waals surface area contributed by atoms with Crippen molar-refractivity contribution in [3.8, 4) is 5.75 Å². The fourth-order valence-electron chi connectivity index (χ4n) is 1.55. The molecule has 0 heterocycles. The molecule has 0 bridgehead atoms. The highest BCUT2D eigenvalue weighted by molar-refractivity contribution is 5.78. The smallest absolute Gasteiger partial charge is 0.255 e. The van der Waals surface area contributed by atoms with E-state index in [2.05, 4.69) is 10.3 Å². The first-order valence-electron chi connectivity index (χ1n) is 6.20. The van der Waals surface area contributed by atoms with Crippen LogP contribution in [0.1, 0.15) is 18.4 Å². The van der Waals surface area contributed by atoms with E-state index in [0.29, 0.717) is 24.3 Å². The summed E-state index contributed by atoms with van der Waals surface area (Å²) in [4.78, 5) is 14.9. The molecule has 19 heavy (non-hydrogen) atoms. The average Bonchev–Trinajstić information content (AvgIpc) is 3.18. The third-order valence-electron chi connectivity index (χ3n) is 2.64. The lowest BCUT2D eigenvalue weighted by Gasteiger charge is -2.06. The molecule has 1 aromatic rings. The molecule has 1 aliphatic carbocycles. The summed E-state index contributed by atoms with van der Waals surface area (Å²) in [5.41, 5.74) is 11.7. The van der Waals surface area contributed by atoms with Crippen LogP contribution >= 0.6 is 0 Å². The molecule has 0 radical (unpaired) electrons. The maximum Gasteiger partial charge on any atom is 0.255 e. The highest BCUT2D eigenvalue weighted by atomic mass is 16.5. The summed E-state index contributed by atoms with van der Waals surface area (Å²) in [6.07, 6.45) is 2.32. The molecule has 1 fully saturated rings. The lowest BCUT2D eigenvalue weighted by atomic mass is 10.2. The maximum absolute atomic E-state index is 10.6. The van der Waals surface area contributed by atoms with Gasteiger partial charge in [0, 0.05) is 6.04 Å². The predicted molar refractivity (Wildman–Crippen MR) is 72.6 cm³/mol. The van der Waals surface area contributed by atoms with Gasteiger partial charge < -0.3 is 21.5 Å². The van der Waals surface area contributed by atoms with Crippen LogP contribution in [0, 0.1) is 0 Å². The zero-order valence-electron chi connectivity index (χ0n) is 10.6. The Bertz CT molecular complexity index is 483. The SMILES string of the molecule is NC(=O)COc1cccc(CN=C(N)NC2CC2)c1. The van der Waals surface area contributed by atoms with Gasteiger partial charge in [-0.15, -0.1) is 0 Å². The second-order valence-corrected chi connectivity index (χ2v) is 4.52. The van der Waals surface area contributed by atoms with Crippen molar-refractivity contribution in [2.45, 2.75) is 25.4 Å². The van der Waals surface area contributed by atoms with Crippen LogP contribution in [-0.4, -0.2) is 24.5 Å². The predicted octanol–water partition coefficient (Wildman–Crippen LogP) is 0.117. The monoisotopic (exact) mass is 262 g/mol. The molecule has 0 aliphatic heterocycles. The van der Waals surface area contributed by atoms with Crippen LogP contribution in [0.25, 0.3) is 0 Å². The minimum atomic E-state index is -0.499. The number of primary amides is 1. The number of aliphatic imine (C=N–C) groups is 1. The van der Waals surface area contributed by atoms with Crippen LogP contribution in [0.3, 0.4) is 0 Å². The van der Waals surface area contributed by atoms with Crippen LogP contribution in [0.4, 0.5) is 0 Å². The third-order valence-corrected chi connectivity index (χ3v) is 2.64.